The van der Waals surface area contributed by atoms with Crippen LogP contribution in [0, 0.1) is 0 Å². The quantitative estimate of drug-likeness (QED) is 0.896. The molecule has 96 valence electrons. The van der Waals surface area contributed by atoms with Gasteiger partial charge in [-0.1, -0.05) is 13.0 Å². The second-order valence-electron chi connectivity index (χ2n) is 3.65. The van der Waals surface area contributed by atoms with Crippen LogP contribution in [-0.2, 0) is 0 Å². The summed E-state index contributed by atoms with van der Waals surface area (Å²) in [5, 5.41) is 3.24. The minimum Gasteiger partial charge on any atom is -0.493 e. The molecule has 0 saturated carbocycles. The Hall–Kier alpha value is -1.13. The molecule has 2 rings (SSSR count). The fourth-order valence-corrected chi connectivity index (χ4v) is 1.68. The maximum atomic E-state index is 5.84. The van der Waals surface area contributed by atoms with Crippen molar-refractivity contribution in [3.05, 3.63) is 18.2 Å². The van der Waals surface area contributed by atoms with E-state index >= 15 is 0 Å². The average Bonchev–Trinajstić information content (AvgIpc) is 2.35. The van der Waals surface area contributed by atoms with Crippen molar-refractivity contribution >= 4 is 12.4 Å². The summed E-state index contributed by atoms with van der Waals surface area (Å²) in [5.41, 5.74) is 0. The molecule has 1 aromatic carbocycles. The van der Waals surface area contributed by atoms with Gasteiger partial charge in [0.1, 0.15) is 12.7 Å². The van der Waals surface area contributed by atoms with Crippen LogP contribution in [0.4, 0.5) is 0 Å². The second kappa shape index (κ2) is 6.57. The van der Waals surface area contributed by atoms with Gasteiger partial charge in [0.05, 0.1) is 7.11 Å². The van der Waals surface area contributed by atoms with Crippen molar-refractivity contribution in [3.63, 3.8) is 0 Å². The van der Waals surface area contributed by atoms with Gasteiger partial charge in [0.25, 0.3) is 0 Å². The number of methoxy groups -OCH3 is 1. The van der Waals surface area contributed by atoms with Gasteiger partial charge in [-0.3, -0.25) is 0 Å². The van der Waals surface area contributed by atoms with Crippen molar-refractivity contribution in [2.45, 2.75) is 13.0 Å². The minimum absolute atomic E-state index is 0. The van der Waals surface area contributed by atoms with Crippen molar-refractivity contribution in [2.75, 3.05) is 26.8 Å². The molecule has 0 saturated heterocycles. The summed E-state index contributed by atoms with van der Waals surface area (Å²) in [6.45, 7) is 4.36. The molecule has 0 aliphatic carbocycles. The fraction of sp³-hybridized carbons (Fsp3) is 0.500. The summed E-state index contributed by atoms with van der Waals surface area (Å²) in [6.07, 6.45) is 0.0451. The Labute approximate surface area is 108 Å². The number of para-hydroxylation sites is 1. The molecule has 0 bridgehead atoms. The fourth-order valence-electron chi connectivity index (χ4n) is 1.68. The number of hydrogen-bond acceptors (Lipinski definition) is 4. The highest BCUT2D eigenvalue weighted by Gasteiger charge is 2.23. The molecule has 5 heteroatoms. The monoisotopic (exact) mass is 259 g/mol. The lowest BCUT2D eigenvalue weighted by Crippen LogP contribution is -2.38. The van der Waals surface area contributed by atoms with Crippen molar-refractivity contribution < 1.29 is 14.2 Å². The zero-order valence-corrected chi connectivity index (χ0v) is 10.9. The molecule has 0 fully saturated rings. The number of hydrogen-bond donors (Lipinski definition) is 1. The highest BCUT2D eigenvalue weighted by Crippen LogP contribution is 2.39. The van der Waals surface area contributed by atoms with E-state index < -0.39 is 0 Å². The summed E-state index contributed by atoms with van der Waals surface area (Å²) in [7, 11) is 1.63. The van der Waals surface area contributed by atoms with Gasteiger partial charge in [-0.25, -0.2) is 0 Å². The van der Waals surface area contributed by atoms with Crippen molar-refractivity contribution in [1.82, 2.24) is 5.32 Å². The van der Waals surface area contributed by atoms with Crippen LogP contribution in [-0.4, -0.2) is 32.9 Å². The van der Waals surface area contributed by atoms with E-state index in [0.717, 1.165) is 24.6 Å². The molecular formula is C12H18ClNO3. The Balaban J connectivity index is 0.00000144. The third-order valence-electron chi connectivity index (χ3n) is 2.49. The Morgan fingerprint density at radius 3 is 3.00 bits per heavy atom. The number of likely N-dealkylation sites (N-methyl/N-ethyl adjacent to an activating group) is 1. The maximum absolute atomic E-state index is 5.84. The second-order valence-corrected chi connectivity index (χ2v) is 3.65. The molecule has 0 spiro atoms. The standard InChI is InChI=1S/C12H17NO3.ClH/c1-3-13-7-9-8-15-11-6-4-5-10(14-2)12(11)16-9;/h4-6,9,13H,3,7-8H2,1-2H3;1H. The van der Waals surface area contributed by atoms with E-state index in [-0.39, 0.29) is 18.5 Å². The number of ether oxygens (including phenoxy) is 3. The molecule has 1 aliphatic heterocycles. The van der Waals surface area contributed by atoms with E-state index in [4.69, 9.17) is 14.2 Å². The highest BCUT2D eigenvalue weighted by atomic mass is 35.5. The Kier molecular flexibility index (Phi) is 5.38. The molecule has 17 heavy (non-hydrogen) atoms. The van der Waals surface area contributed by atoms with Gasteiger partial charge in [0.2, 0.25) is 5.75 Å². The maximum Gasteiger partial charge on any atom is 0.204 e. The molecule has 0 amide bonds. The lowest BCUT2D eigenvalue weighted by Gasteiger charge is -2.27. The first-order valence-corrected chi connectivity index (χ1v) is 5.52. The van der Waals surface area contributed by atoms with Gasteiger partial charge in [0.15, 0.2) is 11.5 Å². The van der Waals surface area contributed by atoms with Crippen LogP contribution in [0.3, 0.4) is 0 Å². The molecule has 1 unspecified atom stereocenters. The summed E-state index contributed by atoms with van der Waals surface area (Å²) >= 11 is 0. The summed E-state index contributed by atoms with van der Waals surface area (Å²) in [4.78, 5) is 0. The van der Waals surface area contributed by atoms with Crippen LogP contribution >= 0.6 is 12.4 Å². The molecule has 0 radical (unpaired) electrons. The topological polar surface area (TPSA) is 39.7 Å². The predicted octanol–water partition coefficient (Wildman–Crippen LogP) is 1.87. The molecule has 1 atom stereocenters. The number of halogens is 1. The van der Waals surface area contributed by atoms with Crippen LogP contribution < -0.4 is 19.5 Å². The molecular weight excluding hydrogens is 242 g/mol. The van der Waals surface area contributed by atoms with E-state index in [1.54, 1.807) is 7.11 Å². The summed E-state index contributed by atoms with van der Waals surface area (Å²) < 4.78 is 16.7. The third-order valence-corrected chi connectivity index (χ3v) is 2.49. The van der Waals surface area contributed by atoms with E-state index in [2.05, 4.69) is 12.2 Å². The number of rotatable bonds is 4. The van der Waals surface area contributed by atoms with Crippen molar-refractivity contribution in [2.24, 2.45) is 0 Å². The van der Waals surface area contributed by atoms with Crippen molar-refractivity contribution in [1.29, 1.82) is 0 Å². The molecule has 1 heterocycles. The van der Waals surface area contributed by atoms with Gasteiger partial charge in [0, 0.05) is 6.54 Å². The lowest BCUT2D eigenvalue weighted by molar-refractivity contribution is 0.0869. The first-order valence-electron chi connectivity index (χ1n) is 5.52. The SMILES string of the molecule is CCNCC1COc2cccc(OC)c2O1.Cl. The Morgan fingerprint density at radius 1 is 1.47 bits per heavy atom. The zero-order chi connectivity index (χ0) is 11.4. The van der Waals surface area contributed by atoms with Gasteiger partial charge < -0.3 is 19.5 Å². The highest BCUT2D eigenvalue weighted by molar-refractivity contribution is 5.85. The van der Waals surface area contributed by atoms with Crippen LogP contribution in [0.5, 0.6) is 17.2 Å². The van der Waals surface area contributed by atoms with Gasteiger partial charge in [-0.15, -0.1) is 12.4 Å². The largest absolute Gasteiger partial charge is 0.493 e. The summed E-state index contributed by atoms with van der Waals surface area (Å²) in [5.74, 6) is 2.19. The van der Waals surface area contributed by atoms with E-state index in [0.29, 0.717) is 12.4 Å². The van der Waals surface area contributed by atoms with E-state index in [1.807, 2.05) is 18.2 Å². The first kappa shape index (κ1) is 13.9. The van der Waals surface area contributed by atoms with Gasteiger partial charge in [-0.05, 0) is 18.7 Å². The Bertz CT molecular complexity index is 345. The third kappa shape index (κ3) is 3.17. The van der Waals surface area contributed by atoms with Crippen LogP contribution in [0.1, 0.15) is 6.92 Å². The van der Waals surface area contributed by atoms with Gasteiger partial charge >= 0.3 is 0 Å². The number of fused-ring (bicyclic) bond motifs is 1. The molecule has 1 aliphatic rings. The number of nitrogens with one attached hydrogen (secondary N) is 1. The molecule has 4 nitrogen and oxygen atoms in total. The first-order chi connectivity index (χ1) is 7.85. The molecule has 1 N–H and O–H groups in total. The van der Waals surface area contributed by atoms with Crippen LogP contribution in [0.15, 0.2) is 18.2 Å². The zero-order valence-electron chi connectivity index (χ0n) is 10.1. The van der Waals surface area contributed by atoms with E-state index in [9.17, 15) is 0 Å². The van der Waals surface area contributed by atoms with E-state index in [1.165, 1.54) is 0 Å². The minimum atomic E-state index is 0. The normalized spacial score (nSPS) is 17.2. The average molecular weight is 260 g/mol. The molecule has 0 aromatic heterocycles. The predicted molar refractivity (Wildman–Crippen MR) is 68.7 cm³/mol. The number of benzene rings is 1. The van der Waals surface area contributed by atoms with Crippen LogP contribution in [0.2, 0.25) is 0 Å². The Morgan fingerprint density at radius 2 is 2.29 bits per heavy atom. The summed E-state index contributed by atoms with van der Waals surface area (Å²) in [6, 6.07) is 5.66. The van der Waals surface area contributed by atoms with Gasteiger partial charge in [-0.2, -0.15) is 0 Å². The smallest absolute Gasteiger partial charge is 0.204 e. The lowest BCUT2D eigenvalue weighted by atomic mass is 10.2. The van der Waals surface area contributed by atoms with Crippen molar-refractivity contribution in [3.8, 4) is 17.2 Å². The van der Waals surface area contributed by atoms with Crippen LogP contribution in [0.25, 0.3) is 0 Å². The molecule has 1 aromatic rings.